The first-order valence-electron chi connectivity index (χ1n) is 7.24. The molecule has 0 saturated heterocycles. The van der Waals surface area contributed by atoms with Gasteiger partial charge in [-0.15, -0.1) is 0 Å². The molecule has 0 atom stereocenters. The molecule has 2 rings (SSSR count). The number of hydrogen-bond donors (Lipinski definition) is 2. The van der Waals surface area contributed by atoms with Crippen molar-refractivity contribution in [1.29, 1.82) is 5.26 Å². The Balaban J connectivity index is 1.89. The van der Waals surface area contributed by atoms with E-state index in [4.69, 9.17) is 5.26 Å². The second-order valence-corrected chi connectivity index (χ2v) is 5.37. The minimum absolute atomic E-state index is 0.0161. The van der Waals surface area contributed by atoms with E-state index in [-0.39, 0.29) is 18.2 Å². The lowest BCUT2D eigenvalue weighted by atomic mass is 10.0. The van der Waals surface area contributed by atoms with E-state index in [2.05, 4.69) is 10.6 Å². The summed E-state index contributed by atoms with van der Waals surface area (Å²) in [6.45, 7) is 0. The maximum atomic E-state index is 12.0. The van der Waals surface area contributed by atoms with Crippen LogP contribution in [0.15, 0.2) is 24.3 Å². The molecule has 2 N–H and O–H groups in total. The number of carbonyl (C=O) groups is 2. The smallest absolute Gasteiger partial charge is 0.238 e. The summed E-state index contributed by atoms with van der Waals surface area (Å²) in [5, 5.41) is 13.9. The summed E-state index contributed by atoms with van der Waals surface area (Å²) >= 11 is 0. The molecule has 1 aromatic carbocycles. The molecule has 2 amide bonds. The third-order valence-corrected chi connectivity index (χ3v) is 3.62. The molecule has 1 fully saturated rings. The molecule has 1 aliphatic carbocycles. The number of rotatable bonds is 5. The van der Waals surface area contributed by atoms with Gasteiger partial charge in [-0.3, -0.25) is 9.59 Å². The molecule has 1 aromatic rings. The molecule has 1 aliphatic rings. The van der Waals surface area contributed by atoms with Gasteiger partial charge in [0, 0.05) is 17.8 Å². The molecule has 0 radical (unpaired) electrons. The quantitative estimate of drug-likeness (QED) is 0.872. The predicted molar refractivity (Wildman–Crippen MR) is 80.5 cm³/mol. The van der Waals surface area contributed by atoms with E-state index in [9.17, 15) is 9.59 Å². The topological polar surface area (TPSA) is 82.0 Å². The fourth-order valence-electron chi connectivity index (χ4n) is 2.64. The van der Waals surface area contributed by atoms with Crippen LogP contribution in [0, 0.1) is 17.2 Å². The zero-order valence-electron chi connectivity index (χ0n) is 11.9. The van der Waals surface area contributed by atoms with Gasteiger partial charge in [0.1, 0.15) is 6.42 Å². The molecule has 5 nitrogen and oxygen atoms in total. The molecule has 21 heavy (non-hydrogen) atoms. The third-order valence-electron chi connectivity index (χ3n) is 3.62. The van der Waals surface area contributed by atoms with Crippen LogP contribution in [0.5, 0.6) is 0 Å². The van der Waals surface area contributed by atoms with Crippen LogP contribution in [0.3, 0.4) is 0 Å². The van der Waals surface area contributed by atoms with E-state index in [0.29, 0.717) is 23.7 Å². The predicted octanol–water partition coefficient (Wildman–Crippen LogP) is 3.06. The number of nitrogens with zero attached hydrogens (tertiary/aromatic N) is 1. The van der Waals surface area contributed by atoms with Crippen LogP contribution >= 0.6 is 0 Å². The van der Waals surface area contributed by atoms with Gasteiger partial charge in [0.2, 0.25) is 11.8 Å². The van der Waals surface area contributed by atoms with Crippen molar-refractivity contribution in [3.05, 3.63) is 24.3 Å². The SMILES string of the molecule is N#CCC(=O)Nc1cccc(NC(=O)CC2CCCC2)c1. The molecule has 0 unspecified atom stereocenters. The van der Waals surface area contributed by atoms with E-state index in [1.54, 1.807) is 30.3 Å². The molecule has 5 heteroatoms. The van der Waals surface area contributed by atoms with Gasteiger partial charge in [0.05, 0.1) is 6.07 Å². The lowest BCUT2D eigenvalue weighted by Gasteiger charge is -2.11. The first-order chi connectivity index (χ1) is 10.2. The number of benzene rings is 1. The molecule has 0 bridgehead atoms. The normalized spacial score (nSPS) is 14.4. The molecule has 110 valence electrons. The average Bonchev–Trinajstić information content (AvgIpc) is 2.92. The summed E-state index contributed by atoms with van der Waals surface area (Å²) in [7, 11) is 0. The highest BCUT2D eigenvalue weighted by molar-refractivity contribution is 5.94. The number of nitrogens with one attached hydrogen (secondary N) is 2. The average molecular weight is 285 g/mol. The zero-order valence-corrected chi connectivity index (χ0v) is 11.9. The van der Waals surface area contributed by atoms with Crippen molar-refractivity contribution < 1.29 is 9.59 Å². The van der Waals surface area contributed by atoms with Gasteiger partial charge in [-0.1, -0.05) is 18.9 Å². The highest BCUT2D eigenvalue weighted by atomic mass is 16.2. The summed E-state index contributed by atoms with van der Waals surface area (Å²) in [6, 6.07) is 8.75. The lowest BCUT2D eigenvalue weighted by Crippen LogP contribution is -2.15. The van der Waals surface area contributed by atoms with Crippen LogP contribution in [0.25, 0.3) is 0 Å². The first kappa shape index (κ1) is 15.0. The maximum absolute atomic E-state index is 12.0. The fraction of sp³-hybridized carbons (Fsp3) is 0.438. The van der Waals surface area contributed by atoms with E-state index in [0.717, 1.165) is 12.8 Å². The van der Waals surface area contributed by atoms with Crippen LogP contribution in [0.2, 0.25) is 0 Å². The summed E-state index contributed by atoms with van der Waals surface area (Å²) in [5.74, 6) is 0.165. The lowest BCUT2D eigenvalue weighted by molar-refractivity contribution is -0.117. The Morgan fingerprint density at radius 3 is 2.38 bits per heavy atom. The summed E-state index contributed by atoms with van der Waals surface area (Å²) in [4.78, 5) is 23.3. The van der Waals surface area contributed by atoms with Crippen molar-refractivity contribution in [3.8, 4) is 6.07 Å². The van der Waals surface area contributed by atoms with E-state index in [1.165, 1.54) is 12.8 Å². The van der Waals surface area contributed by atoms with Crippen molar-refractivity contribution in [3.63, 3.8) is 0 Å². The molecule has 1 saturated carbocycles. The largest absolute Gasteiger partial charge is 0.326 e. The third kappa shape index (κ3) is 4.92. The van der Waals surface area contributed by atoms with Gasteiger partial charge < -0.3 is 10.6 Å². The zero-order chi connectivity index (χ0) is 15.1. The molecule has 0 heterocycles. The number of hydrogen-bond acceptors (Lipinski definition) is 3. The van der Waals surface area contributed by atoms with Gasteiger partial charge in [-0.05, 0) is 37.0 Å². The number of anilines is 2. The Kier molecular flexibility index (Phi) is 5.33. The fourth-order valence-corrected chi connectivity index (χ4v) is 2.64. The van der Waals surface area contributed by atoms with Gasteiger partial charge >= 0.3 is 0 Å². The molecule has 0 aliphatic heterocycles. The summed E-state index contributed by atoms with van der Waals surface area (Å²) < 4.78 is 0. The van der Waals surface area contributed by atoms with Gasteiger partial charge in [-0.2, -0.15) is 5.26 Å². The van der Waals surface area contributed by atoms with Crippen molar-refractivity contribution in [1.82, 2.24) is 0 Å². The Hall–Kier alpha value is -2.35. The van der Waals surface area contributed by atoms with E-state index < -0.39 is 0 Å². The maximum Gasteiger partial charge on any atom is 0.238 e. The van der Waals surface area contributed by atoms with Gasteiger partial charge in [0.15, 0.2) is 0 Å². The number of nitriles is 1. The Bertz CT molecular complexity index is 557. The number of amides is 2. The molecule has 0 spiro atoms. The van der Waals surface area contributed by atoms with E-state index >= 15 is 0 Å². The van der Waals surface area contributed by atoms with Crippen LogP contribution < -0.4 is 10.6 Å². The van der Waals surface area contributed by atoms with Crippen molar-refractivity contribution in [2.24, 2.45) is 5.92 Å². The van der Waals surface area contributed by atoms with Crippen molar-refractivity contribution in [2.75, 3.05) is 10.6 Å². The minimum Gasteiger partial charge on any atom is -0.326 e. The highest BCUT2D eigenvalue weighted by Gasteiger charge is 2.18. The molecule has 0 aromatic heterocycles. The standard InChI is InChI=1S/C16H19N3O2/c17-9-8-15(20)18-13-6-3-7-14(11-13)19-16(21)10-12-4-1-2-5-12/h3,6-7,11-12H,1-2,4-5,8,10H2,(H,18,20)(H,19,21). The second-order valence-electron chi connectivity index (χ2n) is 5.37. The van der Waals surface area contributed by atoms with Gasteiger partial charge in [-0.25, -0.2) is 0 Å². The Labute approximate surface area is 124 Å². The summed E-state index contributed by atoms with van der Waals surface area (Å²) in [6.07, 6.45) is 5.09. The Morgan fingerprint density at radius 2 is 1.76 bits per heavy atom. The van der Waals surface area contributed by atoms with Crippen LogP contribution in [-0.4, -0.2) is 11.8 Å². The highest BCUT2D eigenvalue weighted by Crippen LogP contribution is 2.28. The summed E-state index contributed by atoms with van der Waals surface area (Å²) in [5.41, 5.74) is 1.24. The van der Waals surface area contributed by atoms with Crippen LogP contribution in [0.1, 0.15) is 38.5 Å². The Morgan fingerprint density at radius 1 is 1.14 bits per heavy atom. The second kappa shape index (κ2) is 7.44. The van der Waals surface area contributed by atoms with Crippen molar-refractivity contribution in [2.45, 2.75) is 38.5 Å². The van der Waals surface area contributed by atoms with Crippen molar-refractivity contribution >= 4 is 23.2 Å². The van der Waals surface area contributed by atoms with Crippen LogP contribution in [0.4, 0.5) is 11.4 Å². The minimum atomic E-state index is -0.355. The first-order valence-corrected chi connectivity index (χ1v) is 7.24. The molecular formula is C16H19N3O2. The van der Waals surface area contributed by atoms with E-state index in [1.807, 2.05) is 0 Å². The van der Waals surface area contributed by atoms with Gasteiger partial charge in [0.25, 0.3) is 0 Å². The van der Waals surface area contributed by atoms with Crippen LogP contribution in [-0.2, 0) is 9.59 Å². The number of carbonyl (C=O) groups excluding carboxylic acids is 2. The monoisotopic (exact) mass is 285 g/mol. The molecular weight excluding hydrogens is 266 g/mol.